The molecule has 2 aromatic carbocycles. The number of carboxylic acid groups (broad SMARTS) is 1. The topological polar surface area (TPSA) is 107 Å². The van der Waals surface area contributed by atoms with Gasteiger partial charge in [0, 0.05) is 22.7 Å². The van der Waals surface area contributed by atoms with E-state index in [1.165, 1.54) is 35.9 Å². The number of benzene rings is 2. The van der Waals surface area contributed by atoms with Crippen molar-refractivity contribution in [1.29, 1.82) is 0 Å². The monoisotopic (exact) mass is 508 g/mol. The Kier molecular flexibility index (Phi) is 7.96. The highest BCUT2D eigenvalue weighted by molar-refractivity contribution is 6.33. The smallest absolute Gasteiger partial charge is 0.387 e. The van der Waals surface area contributed by atoms with Gasteiger partial charge in [0.05, 0.1) is 30.5 Å². The highest BCUT2D eigenvalue weighted by Gasteiger charge is 2.24. The molecule has 0 aliphatic rings. The lowest BCUT2D eigenvalue weighted by molar-refractivity contribution is -0.137. The van der Waals surface area contributed by atoms with E-state index in [1.54, 1.807) is 26.0 Å². The number of nitrogens with one attached hydrogen (secondary N) is 1. The molecule has 0 aliphatic carbocycles. The molecule has 2 N–H and O–H groups in total. The van der Waals surface area contributed by atoms with Crippen LogP contribution in [0.15, 0.2) is 36.4 Å². The van der Waals surface area contributed by atoms with Gasteiger partial charge in [0.15, 0.2) is 0 Å². The number of fused-ring (bicyclic) bond motifs is 1. The minimum atomic E-state index is -2.99. The summed E-state index contributed by atoms with van der Waals surface area (Å²) in [5.74, 6) is -1.68. The maximum absolute atomic E-state index is 13.4. The fourth-order valence-corrected chi connectivity index (χ4v) is 4.06. The molecule has 1 heterocycles. The normalized spacial score (nSPS) is 12.0. The van der Waals surface area contributed by atoms with Gasteiger partial charge in [-0.05, 0) is 55.8 Å². The molecule has 0 spiro atoms. The van der Waals surface area contributed by atoms with Crippen molar-refractivity contribution < 1.29 is 37.7 Å². The van der Waals surface area contributed by atoms with E-state index in [1.807, 2.05) is 0 Å². The summed E-state index contributed by atoms with van der Waals surface area (Å²) in [6.45, 7) is 0.252. The van der Waals surface area contributed by atoms with Crippen LogP contribution in [0.3, 0.4) is 0 Å². The molecule has 0 fully saturated rings. The first-order valence-electron chi connectivity index (χ1n) is 10.5. The number of amides is 1. The van der Waals surface area contributed by atoms with E-state index in [9.17, 15) is 23.2 Å². The SMILES string of the molecule is COc1cc2c(CC(=O)NC(C)CC(=O)O)c(C)n(C(=O)c3ccc(OC(F)F)cc3)c2cc1Cl. The average Bonchev–Trinajstić information content (AvgIpc) is 3.02. The summed E-state index contributed by atoms with van der Waals surface area (Å²) in [6.07, 6.45) is -0.363. The number of hydrogen-bond acceptors (Lipinski definition) is 5. The zero-order valence-corrected chi connectivity index (χ0v) is 19.9. The molecular formula is C24H23ClF2N2O6. The molecule has 35 heavy (non-hydrogen) atoms. The van der Waals surface area contributed by atoms with Crippen LogP contribution in [0, 0.1) is 6.92 Å². The predicted octanol–water partition coefficient (Wildman–Crippen LogP) is 4.42. The number of alkyl halides is 2. The number of methoxy groups -OCH3 is 1. The van der Waals surface area contributed by atoms with Gasteiger partial charge in [-0.1, -0.05) is 11.6 Å². The van der Waals surface area contributed by atoms with Crippen molar-refractivity contribution in [1.82, 2.24) is 9.88 Å². The number of aromatic nitrogens is 1. The lowest BCUT2D eigenvalue weighted by Gasteiger charge is -2.12. The molecule has 186 valence electrons. The fourth-order valence-electron chi connectivity index (χ4n) is 3.83. The lowest BCUT2D eigenvalue weighted by atomic mass is 10.1. The molecule has 1 unspecified atom stereocenters. The summed E-state index contributed by atoms with van der Waals surface area (Å²) in [7, 11) is 1.44. The number of halogens is 3. The van der Waals surface area contributed by atoms with E-state index in [-0.39, 0.29) is 29.2 Å². The first-order chi connectivity index (χ1) is 16.5. The maximum atomic E-state index is 13.4. The number of rotatable bonds is 9. The third kappa shape index (κ3) is 5.89. The van der Waals surface area contributed by atoms with Crippen LogP contribution in [-0.4, -0.2) is 47.2 Å². The molecule has 0 saturated carbocycles. The average molecular weight is 509 g/mol. The van der Waals surface area contributed by atoms with Crippen LogP contribution in [0.1, 0.15) is 35.0 Å². The van der Waals surface area contributed by atoms with E-state index in [4.69, 9.17) is 21.4 Å². The van der Waals surface area contributed by atoms with E-state index in [0.29, 0.717) is 27.9 Å². The molecule has 0 aliphatic heterocycles. The van der Waals surface area contributed by atoms with Gasteiger partial charge in [0.1, 0.15) is 11.5 Å². The van der Waals surface area contributed by atoms with Gasteiger partial charge >= 0.3 is 12.6 Å². The molecule has 3 rings (SSSR count). The Balaban J connectivity index is 2.04. The van der Waals surface area contributed by atoms with Gasteiger partial charge < -0.3 is 19.9 Å². The molecule has 3 aromatic rings. The number of carbonyl (C=O) groups excluding carboxylic acids is 2. The fraction of sp³-hybridized carbons (Fsp3) is 0.292. The molecule has 1 amide bonds. The molecule has 8 nitrogen and oxygen atoms in total. The summed E-state index contributed by atoms with van der Waals surface area (Å²) in [5.41, 5.74) is 1.61. The van der Waals surface area contributed by atoms with Crippen LogP contribution in [-0.2, 0) is 16.0 Å². The van der Waals surface area contributed by atoms with E-state index in [0.717, 1.165) is 0 Å². The third-order valence-electron chi connectivity index (χ3n) is 5.36. The van der Waals surface area contributed by atoms with Crippen LogP contribution in [0.2, 0.25) is 5.02 Å². The van der Waals surface area contributed by atoms with Crippen LogP contribution in [0.25, 0.3) is 10.9 Å². The summed E-state index contributed by atoms with van der Waals surface area (Å²) in [5, 5.41) is 12.4. The zero-order valence-electron chi connectivity index (χ0n) is 19.1. The van der Waals surface area contributed by atoms with Crippen molar-refractivity contribution >= 4 is 40.3 Å². The minimum Gasteiger partial charge on any atom is -0.495 e. The summed E-state index contributed by atoms with van der Waals surface area (Å²) >= 11 is 6.31. The second-order valence-electron chi connectivity index (χ2n) is 7.85. The van der Waals surface area contributed by atoms with E-state index < -0.39 is 30.4 Å². The van der Waals surface area contributed by atoms with Gasteiger partial charge in [0.25, 0.3) is 5.91 Å². The van der Waals surface area contributed by atoms with Gasteiger partial charge in [-0.2, -0.15) is 8.78 Å². The summed E-state index contributed by atoms with van der Waals surface area (Å²) in [4.78, 5) is 37.0. The number of hydrogen-bond donors (Lipinski definition) is 2. The van der Waals surface area contributed by atoms with Crippen molar-refractivity contribution in [2.45, 2.75) is 39.3 Å². The highest BCUT2D eigenvalue weighted by Crippen LogP contribution is 2.35. The Bertz CT molecular complexity index is 1270. The molecule has 11 heteroatoms. The minimum absolute atomic E-state index is 0.0914. The summed E-state index contributed by atoms with van der Waals surface area (Å²) < 4.78 is 35.9. The molecular weight excluding hydrogens is 486 g/mol. The second kappa shape index (κ2) is 10.7. The largest absolute Gasteiger partial charge is 0.495 e. The highest BCUT2D eigenvalue weighted by atomic mass is 35.5. The van der Waals surface area contributed by atoms with E-state index in [2.05, 4.69) is 10.1 Å². The maximum Gasteiger partial charge on any atom is 0.387 e. The molecule has 1 atom stereocenters. The van der Waals surface area contributed by atoms with Gasteiger partial charge in [-0.25, -0.2) is 0 Å². The number of ether oxygens (including phenoxy) is 2. The van der Waals surface area contributed by atoms with Crippen LogP contribution in [0.4, 0.5) is 8.78 Å². The van der Waals surface area contributed by atoms with Gasteiger partial charge in [-0.3, -0.25) is 19.0 Å². The number of carboxylic acids is 1. The quantitative estimate of drug-likeness (QED) is 0.443. The molecule has 0 bridgehead atoms. The first kappa shape index (κ1) is 26.0. The zero-order chi connectivity index (χ0) is 25.9. The number of carbonyl (C=O) groups is 3. The standard InChI is InChI=1S/C24H23ClF2N2O6/c1-12(8-22(31)32)28-21(30)10-16-13(2)29(19-11-18(25)20(34-3)9-17(16)19)23(33)14-4-6-15(7-5-14)35-24(26)27/h4-7,9,11-12,24H,8,10H2,1-3H3,(H,28,30)(H,31,32). The van der Waals surface area contributed by atoms with Crippen LogP contribution >= 0.6 is 11.6 Å². The number of nitrogens with zero attached hydrogens (tertiary/aromatic N) is 1. The Morgan fingerprint density at radius 3 is 2.40 bits per heavy atom. The van der Waals surface area contributed by atoms with Gasteiger partial charge in [0.2, 0.25) is 5.91 Å². The second-order valence-corrected chi connectivity index (χ2v) is 8.26. The van der Waals surface area contributed by atoms with Crippen LogP contribution in [0.5, 0.6) is 11.5 Å². The van der Waals surface area contributed by atoms with Crippen molar-refractivity contribution in [2.75, 3.05) is 7.11 Å². The number of aliphatic carboxylic acids is 1. The Morgan fingerprint density at radius 2 is 1.83 bits per heavy atom. The van der Waals surface area contributed by atoms with Gasteiger partial charge in [-0.15, -0.1) is 0 Å². The first-order valence-corrected chi connectivity index (χ1v) is 10.9. The van der Waals surface area contributed by atoms with E-state index >= 15 is 0 Å². The van der Waals surface area contributed by atoms with Crippen LogP contribution < -0.4 is 14.8 Å². The summed E-state index contributed by atoms with van der Waals surface area (Å²) in [6, 6.07) is 7.81. The predicted molar refractivity (Wildman–Crippen MR) is 125 cm³/mol. The Hall–Kier alpha value is -3.66. The lowest BCUT2D eigenvalue weighted by Crippen LogP contribution is -2.35. The molecule has 0 radical (unpaired) electrons. The van der Waals surface area contributed by atoms with Crippen molar-refractivity contribution in [3.63, 3.8) is 0 Å². The van der Waals surface area contributed by atoms with Crippen molar-refractivity contribution in [3.8, 4) is 11.5 Å². The third-order valence-corrected chi connectivity index (χ3v) is 5.66. The molecule has 1 aromatic heterocycles. The Morgan fingerprint density at radius 1 is 1.17 bits per heavy atom. The Labute approximate surface area is 204 Å². The van der Waals surface area contributed by atoms with Crippen molar-refractivity contribution in [2.24, 2.45) is 0 Å². The molecule has 0 saturated heterocycles. The van der Waals surface area contributed by atoms with Crippen molar-refractivity contribution in [3.05, 3.63) is 58.2 Å².